The van der Waals surface area contributed by atoms with Crippen molar-refractivity contribution in [1.29, 1.82) is 0 Å². The number of nitrogens with two attached hydrogens (primary N) is 1. The third-order valence-corrected chi connectivity index (χ3v) is 5.39. The summed E-state index contributed by atoms with van der Waals surface area (Å²) in [6.07, 6.45) is 2.48. The van der Waals surface area contributed by atoms with Crippen LogP contribution in [0, 0.1) is 0 Å². The Kier molecular flexibility index (Phi) is 5.42. The Balaban J connectivity index is 1.42. The summed E-state index contributed by atoms with van der Waals surface area (Å²) >= 11 is 0. The summed E-state index contributed by atoms with van der Waals surface area (Å²) in [5.41, 5.74) is 6.66. The zero-order valence-electron chi connectivity index (χ0n) is 16.9. The first-order valence-corrected chi connectivity index (χ1v) is 9.83. The standard InChI is InChI=1S/C20H22N6O5/c1-24-17(27)10-26(20(24)30)13-6-4-12(5-7-13)22-18(28)15-3-2-8-25(15)19(29)14-11-31-16(9-21)23-14/h4-7,11,15H,2-3,8-10,21H2,1H3,(H,22,28)/t15-/m1/s1. The fourth-order valence-corrected chi connectivity index (χ4v) is 3.68. The minimum absolute atomic E-state index is 0.0197. The van der Waals surface area contributed by atoms with Gasteiger partial charge in [0.25, 0.3) is 5.91 Å². The second-order valence-electron chi connectivity index (χ2n) is 7.34. The fraction of sp³-hybridized carbons (Fsp3) is 0.350. The number of oxazole rings is 1. The predicted octanol–water partition coefficient (Wildman–Crippen LogP) is 0.775. The first-order chi connectivity index (χ1) is 14.9. The number of benzene rings is 1. The van der Waals surface area contributed by atoms with E-state index in [-0.39, 0.29) is 42.4 Å². The maximum Gasteiger partial charge on any atom is 0.331 e. The van der Waals surface area contributed by atoms with E-state index in [1.165, 1.54) is 23.1 Å². The van der Waals surface area contributed by atoms with Gasteiger partial charge in [-0.05, 0) is 37.1 Å². The molecular weight excluding hydrogens is 404 g/mol. The van der Waals surface area contributed by atoms with Gasteiger partial charge in [0.15, 0.2) is 5.69 Å². The number of likely N-dealkylation sites (N-methyl/N-ethyl adjacent to an activating group) is 1. The smallest absolute Gasteiger partial charge is 0.331 e. The molecule has 1 aromatic heterocycles. The average molecular weight is 426 g/mol. The summed E-state index contributed by atoms with van der Waals surface area (Å²) in [5, 5.41) is 2.81. The van der Waals surface area contributed by atoms with E-state index in [0.29, 0.717) is 30.8 Å². The number of rotatable bonds is 5. The molecular formula is C20H22N6O5. The van der Waals surface area contributed by atoms with E-state index in [2.05, 4.69) is 10.3 Å². The van der Waals surface area contributed by atoms with Crippen LogP contribution in [0.25, 0.3) is 0 Å². The van der Waals surface area contributed by atoms with Crippen LogP contribution in [0.1, 0.15) is 29.2 Å². The van der Waals surface area contributed by atoms with Crippen LogP contribution < -0.4 is 16.0 Å². The molecule has 31 heavy (non-hydrogen) atoms. The van der Waals surface area contributed by atoms with Crippen LogP contribution in [0.4, 0.5) is 16.2 Å². The SMILES string of the molecule is CN1C(=O)CN(c2ccc(NC(=O)[C@H]3CCCN3C(=O)c3coc(CN)n3)cc2)C1=O. The molecule has 0 radical (unpaired) electrons. The Bertz CT molecular complexity index is 1030. The van der Waals surface area contributed by atoms with Gasteiger partial charge in [-0.2, -0.15) is 0 Å². The van der Waals surface area contributed by atoms with Crippen LogP contribution in [0.3, 0.4) is 0 Å². The molecule has 2 fully saturated rings. The van der Waals surface area contributed by atoms with E-state index in [9.17, 15) is 19.2 Å². The number of carbonyl (C=O) groups excluding carboxylic acids is 4. The van der Waals surface area contributed by atoms with Crippen molar-refractivity contribution in [2.24, 2.45) is 5.73 Å². The molecule has 0 spiro atoms. The highest BCUT2D eigenvalue weighted by atomic mass is 16.3. The second kappa shape index (κ2) is 8.19. The van der Waals surface area contributed by atoms with Gasteiger partial charge in [-0.15, -0.1) is 0 Å². The Labute approximate surface area is 177 Å². The number of likely N-dealkylation sites (tertiary alicyclic amines) is 1. The summed E-state index contributed by atoms with van der Waals surface area (Å²) in [6, 6.07) is 5.58. The molecule has 3 N–H and O–H groups in total. The molecule has 1 aromatic carbocycles. The molecule has 5 amide bonds. The minimum Gasteiger partial charge on any atom is -0.447 e. The number of nitrogens with zero attached hydrogens (tertiary/aromatic N) is 4. The molecule has 0 unspecified atom stereocenters. The summed E-state index contributed by atoms with van der Waals surface area (Å²) < 4.78 is 5.12. The fourth-order valence-electron chi connectivity index (χ4n) is 3.68. The number of anilines is 2. The number of aromatic nitrogens is 1. The van der Waals surface area contributed by atoms with Gasteiger partial charge in [-0.1, -0.05) is 0 Å². The van der Waals surface area contributed by atoms with Crippen molar-refractivity contribution in [3.8, 4) is 0 Å². The molecule has 162 valence electrons. The lowest BCUT2D eigenvalue weighted by Gasteiger charge is -2.23. The Morgan fingerprint density at radius 2 is 2.00 bits per heavy atom. The number of amides is 5. The van der Waals surface area contributed by atoms with E-state index < -0.39 is 12.1 Å². The van der Waals surface area contributed by atoms with Crippen molar-refractivity contribution >= 4 is 35.1 Å². The molecule has 2 aromatic rings. The zero-order valence-corrected chi connectivity index (χ0v) is 16.9. The van der Waals surface area contributed by atoms with Crippen LogP contribution >= 0.6 is 0 Å². The van der Waals surface area contributed by atoms with Gasteiger partial charge in [0, 0.05) is 25.0 Å². The number of carbonyl (C=O) groups is 4. The van der Waals surface area contributed by atoms with Crippen molar-refractivity contribution < 1.29 is 23.6 Å². The van der Waals surface area contributed by atoms with Crippen molar-refractivity contribution in [1.82, 2.24) is 14.8 Å². The molecule has 3 heterocycles. The summed E-state index contributed by atoms with van der Waals surface area (Å²) in [4.78, 5) is 57.3. The van der Waals surface area contributed by atoms with Gasteiger partial charge < -0.3 is 20.4 Å². The molecule has 2 aliphatic heterocycles. The molecule has 11 heteroatoms. The van der Waals surface area contributed by atoms with Crippen molar-refractivity contribution in [3.63, 3.8) is 0 Å². The van der Waals surface area contributed by atoms with E-state index in [1.807, 2.05) is 0 Å². The molecule has 0 bridgehead atoms. The lowest BCUT2D eigenvalue weighted by atomic mass is 10.2. The summed E-state index contributed by atoms with van der Waals surface area (Å²) in [7, 11) is 1.43. The number of imide groups is 1. The van der Waals surface area contributed by atoms with Gasteiger partial charge >= 0.3 is 6.03 Å². The summed E-state index contributed by atoms with van der Waals surface area (Å²) in [5.74, 6) is -0.710. The first kappa shape index (κ1) is 20.5. The average Bonchev–Trinajstić information content (AvgIpc) is 3.50. The first-order valence-electron chi connectivity index (χ1n) is 9.83. The van der Waals surface area contributed by atoms with Crippen LogP contribution in [-0.2, 0) is 16.1 Å². The van der Waals surface area contributed by atoms with Crippen LogP contribution in [-0.4, -0.2) is 64.7 Å². The topological polar surface area (TPSA) is 142 Å². The van der Waals surface area contributed by atoms with Crippen LogP contribution in [0.5, 0.6) is 0 Å². The monoisotopic (exact) mass is 426 g/mol. The van der Waals surface area contributed by atoms with E-state index in [1.54, 1.807) is 24.3 Å². The van der Waals surface area contributed by atoms with Crippen molar-refractivity contribution in [2.75, 3.05) is 30.4 Å². The van der Waals surface area contributed by atoms with Crippen molar-refractivity contribution in [3.05, 3.63) is 42.1 Å². The Morgan fingerprint density at radius 3 is 2.61 bits per heavy atom. The van der Waals surface area contributed by atoms with Gasteiger partial charge in [0.1, 0.15) is 18.8 Å². The van der Waals surface area contributed by atoms with Gasteiger partial charge in [-0.3, -0.25) is 24.2 Å². The molecule has 2 aliphatic rings. The number of hydrogen-bond donors (Lipinski definition) is 2. The highest BCUT2D eigenvalue weighted by molar-refractivity contribution is 6.12. The quantitative estimate of drug-likeness (QED) is 0.673. The Hall–Kier alpha value is -3.73. The van der Waals surface area contributed by atoms with Gasteiger partial charge in [-0.25, -0.2) is 9.78 Å². The predicted molar refractivity (Wildman–Crippen MR) is 109 cm³/mol. The molecule has 0 saturated carbocycles. The highest BCUT2D eigenvalue weighted by Gasteiger charge is 2.36. The van der Waals surface area contributed by atoms with Crippen molar-refractivity contribution in [2.45, 2.75) is 25.4 Å². The third-order valence-electron chi connectivity index (χ3n) is 5.39. The Morgan fingerprint density at radius 1 is 1.26 bits per heavy atom. The molecule has 11 nitrogen and oxygen atoms in total. The highest BCUT2D eigenvalue weighted by Crippen LogP contribution is 2.24. The molecule has 2 saturated heterocycles. The minimum atomic E-state index is -0.628. The summed E-state index contributed by atoms with van der Waals surface area (Å²) in [6.45, 7) is 0.508. The second-order valence-corrected chi connectivity index (χ2v) is 7.34. The molecule has 4 rings (SSSR count). The van der Waals surface area contributed by atoms with Crippen LogP contribution in [0.2, 0.25) is 0 Å². The largest absolute Gasteiger partial charge is 0.447 e. The van der Waals surface area contributed by atoms with Gasteiger partial charge in [0.05, 0.1) is 6.54 Å². The number of nitrogens with one attached hydrogen (secondary N) is 1. The lowest BCUT2D eigenvalue weighted by Crippen LogP contribution is -2.43. The normalized spacial score (nSPS) is 18.8. The van der Waals surface area contributed by atoms with Gasteiger partial charge in [0.2, 0.25) is 17.7 Å². The molecule has 1 atom stereocenters. The third kappa shape index (κ3) is 3.87. The zero-order chi connectivity index (χ0) is 22.1. The van der Waals surface area contributed by atoms with E-state index in [0.717, 1.165) is 4.90 Å². The number of hydrogen-bond acceptors (Lipinski definition) is 7. The number of urea groups is 1. The van der Waals surface area contributed by atoms with E-state index >= 15 is 0 Å². The maximum atomic E-state index is 12.8. The lowest BCUT2D eigenvalue weighted by molar-refractivity contribution is -0.124. The van der Waals surface area contributed by atoms with E-state index in [4.69, 9.17) is 10.2 Å². The molecule has 0 aliphatic carbocycles. The van der Waals surface area contributed by atoms with Crippen LogP contribution in [0.15, 0.2) is 34.9 Å². The maximum absolute atomic E-state index is 12.8.